The molecule has 3 rings (SSSR count). The van der Waals surface area contributed by atoms with E-state index in [-0.39, 0.29) is 12.1 Å². The van der Waals surface area contributed by atoms with E-state index in [0.717, 1.165) is 25.1 Å². The normalized spacial score (nSPS) is 21.2. The first-order chi connectivity index (χ1) is 12.0. The topological polar surface area (TPSA) is 100 Å². The summed E-state index contributed by atoms with van der Waals surface area (Å²) >= 11 is 0. The molecular weight excluding hydrogens is 316 g/mol. The molecule has 134 valence electrons. The Labute approximate surface area is 148 Å². The fraction of sp³-hybridized carbons (Fsp3) is 0.500. The van der Waals surface area contributed by atoms with Crippen LogP contribution in [0.4, 0.5) is 17.6 Å². The molecular formula is C18H26N6O. The van der Waals surface area contributed by atoms with E-state index in [9.17, 15) is 5.11 Å². The minimum absolute atomic E-state index is 0.201. The lowest BCUT2D eigenvalue weighted by atomic mass is 9.96. The highest BCUT2D eigenvalue weighted by Crippen LogP contribution is 2.21. The predicted octanol–water partition coefficient (Wildman–Crippen LogP) is 1.96. The summed E-state index contributed by atoms with van der Waals surface area (Å²) in [5.74, 6) is 1.61. The minimum Gasteiger partial charge on any atom is -0.392 e. The van der Waals surface area contributed by atoms with Gasteiger partial charge >= 0.3 is 0 Å². The zero-order valence-corrected chi connectivity index (χ0v) is 14.8. The Bertz CT molecular complexity index is 722. The Morgan fingerprint density at radius 1 is 1.28 bits per heavy atom. The molecule has 2 atom stereocenters. The molecule has 4 N–H and O–H groups in total. The SMILES string of the molecule is CCc1ccccc1Nc1nc(N)nc(CN2CCC(C)C(O)C2)n1. The van der Waals surface area contributed by atoms with Gasteiger partial charge in [0.15, 0.2) is 0 Å². The third-order valence-electron chi connectivity index (χ3n) is 4.71. The van der Waals surface area contributed by atoms with Gasteiger partial charge in [0.2, 0.25) is 11.9 Å². The third kappa shape index (κ3) is 4.43. The van der Waals surface area contributed by atoms with Crippen LogP contribution in [0.5, 0.6) is 0 Å². The zero-order chi connectivity index (χ0) is 17.8. The van der Waals surface area contributed by atoms with Crippen LogP contribution in [0.2, 0.25) is 0 Å². The van der Waals surface area contributed by atoms with E-state index in [1.807, 2.05) is 18.2 Å². The fourth-order valence-corrected chi connectivity index (χ4v) is 3.09. The number of nitrogens with zero attached hydrogens (tertiary/aromatic N) is 4. The number of hydrogen-bond donors (Lipinski definition) is 3. The molecule has 0 saturated carbocycles. The number of β-amino-alcohol motifs (C(OH)–C–C–N with tert-alkyl or cyclic N) is 1. The van der Waals surface area contributed by atoms with E-state index in [0.29, 0.717) is 30.8 Å². The molecule has 1 fully saturated rings. The highest BCUT2D eigenvalue weighted by molar-refractivity contribution is 5.58. The minimum atomic E-state index is -0.304. The Hall–Kier alpha value is -2.25. The van der Waals surface area contributed by atoms with E-state index in [2.05, 4.69) is 45.1 Å². The van der Waals surface area contributed by atoms with Crippen LogP contribution in [-0.4, -0.2) is 44.2 Å². The number of benzene rings is 1. The molecule has 1 aliphatic heterocycles. The van der Waals surface area contributed by atoms with Gasteiger partial charge in [-0.2, -0.15) is 15.0 Å². The zero-order valence-electron chi connectivity index (χ0n) is 14.8. The number of aliphatic hydroxyl groups is 1. The van der Waals surface area contributed by atoms with Crippen molar-refractivity contribution < 1.29 is 5.11 Å². The number of aryl methyl sites for hydroxylation is 1. The Morgan fingerprint density at radius 3 is 2.84 bits per heavy atom. The van der Waals surface area contributed by atoms with E-state index < -0.39 is 0 Å². The summed E-state index contributed by atoms with van der Waals surface area (Å²) in [5.41, 5.74) is 8.03. The van der Waals surface area contributed by atoms with Crippen molar-refractivity contribution in [2.45, 2.75) is 39.3 Å². The average Bonchev–Trinajstić information content (AvgIpc) is 2.58. The average molecular weight is 342 g/mol. The molecule has 7 heteroatoms. The van der Waals surface area contributed by atoms with Crippen LogP contribution in [0.1, 0.15) is 31.7 Å². The van der Waals surface area contributed by atoms with E-state index in [1.165, 1.54) is 5.56 Å². The van der Waals surface area contributed by atoms with Gasteiger partial charge in [-0.3, -0.25) is 4.90 Å². The summed E-state index contributed by atoms with van der Waals surface area (Å²) in [5, 5.41) is 13.3. The van der Waals surface area contributed by atoms with Crippen LogP contribution < -0.4 is 11.1 Å². The quantitative estimate of drug-likeness (QED) is 0.763. The lowest BCUT2D eigenvalue weighted by molar-refractivity contribution is 0.0249. The van der Waals surface area contributed by atoms with Crippen LogP contribution in [0.3, 0.4) is 0 Å². The number of likely N-dealkylation sites (tertiary alicyclic amines) is 1. The van der Waals surface area contributed by atoms with Gasteiger partial charge < -0.3 is 16.2 Å². The number of nitrogens with one attached hydrogen (secondary N) is 1. The van der Waals surface area contributed by atoms with Gasteiger partial charge in [-0.05, 0) is 36.9 Å². The lowest BCUT2D eigenvalue weighted by Gasteiger charge is -2.33. The standard InChI is InChI=1S/C18H26N6O/c1-3-13-6-4-5-7-14(13)20-18-22-16(21-17(19)23-18)11-24-9-8-12(2)15(25)10-24/h4-7,12,15,25H,3,8-11H2,1-2H3,(H3,19,20,21,22,23). The number of rotatable bonds is 5. The van der Waals surface area contributed by atoms with Gasteiger partial charge in [0.05, 0.1) is 12.6 Å². The van der Waals surface area contributed by atoms with Crippen molar-refractivity contribution in [1.29, 1.82) is 0 Å². The summed E-state index contributed by atoms with van der Waals surface area (Å²) in [6, 6.07) is 8.06. The Kier molecular flexibility index (Phi) is 5.45. The second kappa shape index (κ2) is 7.76. The maximum absolute atomic E-state index is 10.1. The number of anilines is 3. The Balaban J connectivity index is 1.74. The monoisotopic (exact) mass is 342 g/mol. The molecule has 1 aromatic carbocycles. The van der Waals surface area contributed by atoms with Gasteiger partial charge in [-0.15, -0.1) is 0 Å². The molecule has 1 aromatic heterocycles. The van der Waals surface area contributed by atoms with Crippen molar-refractivity contribution in [3.8, 4) is 0 Å². The molecule has 1 saturated heterocycles. The van der Waals surface area contributed by atoms with E-state index >= 15 is 0 Å². The smallest absolute Gasteiger partial charge is 0.232 e. The molecule has 2 heterocycles. The van der Waals surface area contributed by atoms with Crippen molar-refractivity contribution in [1.82, 2.24) is 19.9 Å². The first-order valence-electron chi connectivity index (χ1n) is 8.81. The number of piperidine rings is 1. The Morgan fingerprint density at radius 2 is 2.08 bits per heavy atom. The molecule has 0 bridgehead atoms. The third-order valence-corrected chi connectivity index (χ3v) is 4.71. The van der Waals surface area contributed by atoms with Gasteiger partial charge in [0, 0.05) is 12.2 Å². The van der Waals surface area contributed by atoms with Gasteiger partial charge in [-0.25, -0.2) is 0 Å². The van der Waals surface area contributed by atoms with Crippen molar-refractivity contribution in [3.63, 3.8) is 0 Å². The molecule has 2 unspecified atom stereocenters. The maximum Gasteiger partial charge on any atom is 0.232 e. The highest BCUT2D eigenvalue weighted by atomic mass is 16.3. The largest absolute Gasteiger partial charge is 0.392 e. The number of aromatic nitrogens is 3. The highest BCUT2D eigenvalue weighted by Gasteiger charge is 2.24. The number of hydrogen-bond acceptors (Lipinski definition) is 7. The lowest BCUT2D eigenvalue weighted by Crippen LogP contribution is -2.42. The molecule has 0 amide bonds. The summed E-state index contributed by atoms with van der Waals surface area (Å²) in [6.07, 6.45) is 1.58. The predicted molar refractivity (Wildman–Crippen MR) is 98.4 cm³/mol. The molecule has 0 spiro atoms. The number of para-hydroxylation sites is 1. The number of nitrogens with two attached hydrogens (primary N) is 1. The summed E-state index contributed by atoms with van der Waals surface area (Å²) < 4.78 is 0. The molecule has 1 aliphatic rings. The van der Waals surface area contributed by atoms with Crippen LogP contribution in [0, 0.1) is 5.92 Å². The second-order valence-corrected chi connectivity index (χ2v) is 6.64. The van der Waals surface area contributed by atoms with Gasteiger partial charge in [-0.1, -0.05) is 32.0 Å². The first kappa shape index (κ1) is 17.6. The van der Waals surface area contributed by atoms with Crippen LogP contribution in [-0.2, 0) is 13.0 Å². The molecule has 25 heavy (non-hydrogen) atoms. The summed E-state index contributed by atoms with van der Waals surface area (Å²) in [6.45, 7) is 6.30. The van der Waals surface area contributed by atoms with Crippen molar-refractivity contribution in [2.75, 3.05) is 24.1 Å². The fourth-order valence-electron chi connectivity index (χ4n) is 3.09. The van der Waals surface area contributed by atoms with E-state index in [4.69, 9.17) is 5.73 Å². The van der Waals surface area contributed by atoms with E-state index in [1.54, 1.807) is 0 Å². The van der Waals surface area contributed by atoms with Crippen molar-refractivity contribution in [2.24, 2.45) is 5.92 Å². The summed E-state index contributed by atoms with van der Waals surface area (Å²) in [7, 11) is 0. The summed E-state index contributed by atoms with van der Waals surface area (Å²) in [4.78, 5) is 15.1. The maximum atomic E-state index is 10.1. The number of aliphatic hydroxyl groups excluding tert-OH is 1. The van der Waals surface area contributed by atoms with Gasteiger partial charge in [0.25, 0.3) is 0 Å². The second-order valence-electron chi connectivity index (χ2n) is 6.64. The van der Waals surface area contributed by atoms with Crippen LogP contribution in [0.15, 0.2) is 24.3 Å². The number of nitrogen functional groups attached to an aromatic ring is 1. The first-order valence-corrected chi connectivity index (χ1v) is 8.81. The molecule has 0 aliphatic carbocycles. The van der Waals surface area contributed by atoms with Crippen molar-refractivity contribution >= 4 is 17.6 Å². The van der Waals surface area contributed by atoms with Crippen LogP contribution >= 0.6 is 0 Å². The molecule has 7 nitrogen and oxygen atoms in total. The molecule has 2 aromatic rings. The van der Waals surface area contributed by atoms with Crippen LogP contribution in [0.25, 0.3) is 0 Å². The van der Waals surface area contributed by atoms with Gasteiger partial charge in [0.1, 0.15) is 5.82 Å². The molecule has 0 radical (unpaired) electrons. The van der Waals surface area contributed by atoms with Crippen molar-refractivity contribution in [3.05, 3.63) is 35.7 Å².